The molecule has 1 fully saturated rings. The highest BCUT2D eigenvalue weighted by atomic mass is 16.5. The zero-order valence-corrected chi connectivity index (χ0v) is 13.5. The molecule has 0 aliphatic heterocycles. The molecule has 2 rings (SSSR count). The van der Waals surface area contributed by atoms with Gasteiger partial charge in [0.1, 0.15) is 0 Å². The molecule has 1 aliphatic rings. The fourth-order valence-corrected chi connectivity index (χ4v) is 3.00. The number of anilines is 1. The van der Waals surface area contributed by atoms with Gasteiger partial charge in [-0.1, -0.05) is 25.7 Å². The summed E-state index contributed by atoms with van der Waals surface area (Å²) in [5.74, 6) is -0.352. The van der Waals surface area contributed by atoms with E-state index in [4.69, 9.17) is 9.47 Å². The number of aromatic carboxylic acids is 1. The second-order valence-electron chi connectivity index (χ2n) is 5.78. The molecule has 6 heteroatoms. The van der Waals surface area contributed by atoms with Gasteiger partial charge in [0, 0.05) is 18.1 Å². The molecule has 0 radical (unpaired) electrons. The van der Waals surface area contributed by atoms with Gasteiger partial charge < -0.3 is 24.7 Å². The average Bonchev–Trinajstić information content (AvgIpc) is 3.05. The van der Waals surface area contributed by atoms with Crippen molar-refractivity contribution in [1.29, 1.82) is 0 Å². The van der Waals surface area contributed by atoms with E-state index in [1.807, 2.05) is 0 Å². The van der Waals surface area contributed by atoms with Crippen molar-refractivity contribution in [2.75, 3.05) is 19.5 Å². The maximum atomic E-state index is 12.1. The van der Waals surface area contributed by atoms with Crippen LogP contribution >= 0.6 is 0 Å². The number of ether oxygens (including phenoxy) is 2. The van der Waals surface area contributed by atoms with Crippen molar-refractivity contribution >= 4 is 17.6 Å². The van der Waals surface area contributed by atoms with E-state index in [0.717, 1.165) is 6.42 Å². The number of methoxy groups -OCH3 is 2. The topological polar surface area (TPSA) is 87.7 Å². The minimum atomic E-state index is -1.38. The molecule has 1 aliphatic carbocycles. The van der Waals surface area contributed by atoms with Crippen molar-refractivity contribution in [3.8, 4) is 11.5 Å². The Balaban J connectivity index is 2.10. The Bertz CT molecular complexity index is 579. The van der Waals surface area contributed by atoms with Crippen LogP contribution in [0.3, 0.4) is 0 Å². The quantitative estimate of drug-likeness (QED) is 0.830. The zero-order valence-electron chi connectivity index (χ0n) is 13.5. The largest absolute Gasteiger partial charge is 0.545 e. The molecule has 1 aromatic rings. The highest BCUT2D eigenvalue weighted by molar-refractivity contribution is 6.00. The van der Waals surface area contributed by atoms with Crippen LogP contribution < -0.4 is 19.9 Å². The van der Waals surface area contributed by atoms with Crippen LogP contribution in [0.15, 0.2) is 12.1 Å². The number of carbonyl (C=O) groups is 2. The lowest BCUT2D eigenvalue weighted by molar-refractivity contribution is -0.254. The van der Waals surface area contributed by atoms with Crippen LogP contribution in [-0.2, 0) is 4.79 Å². The second kappa shape index (κ2) is 7.85. The minimum Gasteiger partial charge on any atom is -0.545 e. The molecule has 1 N–H and O–H groups in total. The Morgan fingerprint density at radius 1 is 1.17 bits per heavy atom. The third-order valence-electron chi connectivity index (χ3n) is 4.27. The van der Waals surface area contributed by atoms with Crippen LogP contribution in [0.5, 0.6) is 11.5 Å². The van der Waals surface area contributed by atoms with Gasteiger partial charge in [-0.2, -0.15) is 0 Å². The van der Waals surface area contributed by atoms with Crippen molar-refractivity contribution < 1.29 is 24.2 Å². The van der Waals surface area contributed by atoms with Gasteiger partial charge in [-0.3, -0.25) is 4.79 Å². The van der Waals surface area contributed by atoms with Crippen LogP contribution in [0.4, 0.5) is 5.69 Å². The summed E-state index contributed by atoms with van der Waals surface area (Å²) < 4.78 is 10.2. The number of rotatable bonds is 7. The van der Waals surface area contributed by atoms with E-state index in [1.54, 1.807) is 0 Å². The van der Waals surface area contributed by atoms with Crippen LogP contribution in [0.1, 0.15) is 48.9 Å². The summed E-state index contributed by atoms with van der Waals surface area (Å²) in [5.41, 5.74) is 0.0379. The molecule has 0 aromatic heterocycles. The molecule has 23 heavy (non-hydrogen) atoms. The Labute approximate surface area is 135 Å². The number of carboxylic acids is 1. The van der Waals surface area contributed by atoms with Crippen LogP contribution in [0.2, 0.25) is 0 Å². The fraction of sp³-hybridized carbons (Fsp3) is 0.529. The van der Waals surface area contributed by atoms with Crippen molar-refractivity contribution in [3.05, 3.63) is 17.7 Å². The van der Waals surface area contributed by atoms with Crippen molar-refractivity contribution in [1.82, 2.24) is 0 Å². The molecule has 6 nitrogen and oxygen atoms in total. The highest BCUT2D eigenvalue weighted by Gasteiger charge is 2.18. The first-order valence-electron chi connectivity index (χ1n) is 7.82. The summed E-state index contributed by atoms with van der Waals surface area (Å²) in [7, 11) is 2.86. The van der Waals surface area contributed by atoms with Crippen LogP contribution in [0.25, 0.3) is 0 Å². The number of benzene rings is 1. The van der Waals surface area contributed by atoms with E-state index in [1.165, 1.54) is 52.0 Å². The van der Waals surface area contributed by atoms with Gasteiger partial charge >= 0.3 is 0 Å². The van der Waals surface area contributed by atoms with Crippen molar-refractivity contribution in [2.45, 2.75) is 38.5 Å². The number of carboxylic acid groups (broad SMARTS) is 1. The maximum absolute atomic E-state index is 12.1. The Morgan fingerprint density at radius 2 is 1.78 bits per heavy atom. The molecule has 1 aromatic carbocycles. The summed E-state index contributed by atoms with van der Waals surface area (Å²) in [4.78, 5) is 23.4. The van der Waals surface area contributed by atoms with Crippen LogP contribution in [-0.4, -0.2) is 26.1 Å². The summed E-state index contributed by atoms with van der Waals surface area (Å²) in [6.45, 7) is 0. The highest BCUT2D eigenvalue weighted by Crippen LogP contribution is 2.33. The summed E-state index contributed by atoms with van der Waals surface area (Å²) in [6, 6.07) is 2.73. The monoisotopic (exact) mass is 320 g/mol. The molecule has 0 spiro atoms. The Kier molecular flexibility index (Phi) is 5.84. The van der Waals surface area contributed by atoms with Gasteiger partial charge in [-0.15, -0.1) is 0 Å². The Hall–Kier alpha value is -2.24. The normalized spacial score (nSPS) is 14.5. The first kappa shape index (κ1) is 17.1. The third kappa shape index (κ3) is 4.37. The lowest BCUT2D eigenvalue weighted by Gasteiger charge is -2.16. The number of hydrogen-bond acceptors (Lipinski definition) is 5. The zero-order chi connectivity index (χ0) is 16.8. The molecule has 0 atom stereocenters. The fourth-order valence-electron chi connectivity index (χ4n) is 3.00. The van der Waals surface area contributed by atoms with E-state index < -0.39 is 5.97 Å². The number of hydrogen-bond donors (Lipinski definition) is 1. The van der Waals surface area contributed by atoms with Gasteiger partial charge in [0.05, 0.1) is 25.9 Å². The lowest BCUT2D eigenvalue weighted by Crippen LogP contribution is -2.25. The second-order valence-corrected chi connectivity index (χ2v) is 5.78. The number of carbonyl (C=O) groups excluding carboxylic acids is 2. The number of nitrogens with one attached hydrogen (secondary N) is 1. The predicted octanol–water partition coefficient (Wildman–Crippen LogP) is 1.98. The summed E-state index contributed by atoms with van der Waals surface area (Å²) in [6.07, 6.45) is 6.03. The SMILES string of the molecule is COc1cc(NC(=O)CCC2CCCC2)c(C(=O)[O-])cc1OC. The van der Waals surface area contributed by atoms with Gasteiger partial charge in [0.25, 0.3) is 0 Å². The molecular weight excluding hydrogens is 298 g/mol. The van der Waals surface area contributed by atoms with Gasteiger partial charge in [0.2, 0.25) is 5.91 Å². The standard InChI is InChI=1S/C17H23NO5/c1-22-14-9-12(17(20)21)13(10-15(14)23-2)18-16(19)8-7-11-5-3-4-6-11/h9-11H,3-8H2,1-2H3,(H,18,19)(H,20,21)/p-1. The van der Waals surface area contributed by atoms with E-state index in [0.29, 0.717) is 18.1 Å². The minimum absolute atomic E-state index is 0.128. The Morgan fingerprint density at radius 3 is 2.35 bits per heavy atom. The van der Waals surface area contributed by atoms with Crippen molar-refractivity contribution in [3.63, 3.8) is 0 Å². The smallest absolute Gasteiger partial charge is 0.224 e. The van der Waals surface area contributed by atoms with E-state index in [2.05, 4.69) is 5.32 Å². The van der Waals surface area contributed by atoms with Gasteiger partial charge in [0.15, 0.2) is 11.5 Å². The molecule has 0 heterocycles. The summed E-state index contributed by atoms with van der Waals surface area (Å²) in [5, 5.41) is 13.9. The van der Waals surface area contributed by atoms with E-state index in [-0.39, 0.29) is 22.9 Å². The molecule has 0 saturated heterocycles. The maximum Gasteiger partial charge on any atom is 0.224 e. The van der Waals surface area contributed by atoms with Gasteiger partial charge in [-0.05, 0) is 18.4 Å². The predicted molar refractivity (Wildman–Crippen MR) is 83.7 cm³/mol. The molecular formula is C17H22NO5-. The molecule has 1 amide bonds. The van der Waals surface area contributed by atoms with Crippen molar-refractivity contribution in [2.24, 2.45) is 5.92 Å². The number of amides is 1. The summed E-state index contributed by atoms with van der Waals surface area (Å²) >= 11 is 0. The lowest BCUT2D eigenvalue weighted by atomic mass is 10.0. The molecule has 0 bridgehead atoms. The van der Waals surface area contributed by atoms with Crippen LogP contribution in [0, 0.1) is 5.92 Å². The first-order chi connectivity index (χ1) is 11.0. The first-order valence-corrected chi connectivity index (χ1v) is 7.82. The van der Waals surface area contributed by atoms with E-state index >= 15 is 0 Å². The van der Waals surface area contributed by atoms with Gasteiger partial charge in [-0.25, -0.2) is 0 Å². The average molecular weight is 320 g/mol. The molecule has 1 saturated carbocycles. The van der Waals surface area contributed by atoms with E-state index in [9.17, 15) is 14.7 Å². The molecule has 126 valence electrons. The third-order valence-corrected chi connectivity index (χ3v) is 4.27. The molecule has 0 unspecified atom stereocenters.